The highest BCUT2D eigenvalue weighted by Crippen LogP contribution is 2.34. The van der Waals surface area contributed by atoms with Crippen molar-refractivity contribution in [3.63, 3.8) is 0 Å². The number of anilines is 1. The Labute approximate surface area is 367 Å². The summed E-state index contributed by atoms with van der Waals surface area (Å²) < 4.78 is 33.2. The predicted molar refractivity (Wildman–Crippen MR) is 234 cm³/mol. The summed E-state index contributed by atoms with van der Waals surface area (Å²) in [5, 5.41) is 10.6. The van der Waals surface area contributed by atoms with Crippen molar-refractivity contribution in [1.29, 1.82) is 0 Å². The van der Waals surface area contributed by atoms with Gasteiger partial charge in [-0.3, -0.25) is 33.7 Å². The number of piperidine rings is 1. The zero-order chi connectivity index (χ0) is 43.5. The van der Waals surface area contributed by atoms with E-state index in [1.165, 1.54) is 10.1 Å². The molecule has 63 heavy (non-hydrogen) atoms. The van der Waals surface area contributed by atoms with Gasteiger partial charge in [0.25, 0.3) is 0 Å². The molecule has 3 aromatic heterocycles. The molecule has 2 N–H and O–H groups in total. The summed E-state index contributed by atoms with van der Waals surface area (Å²) in [7, 11) is 1.70. The first kappa shape index (κ1) is 44.9. The second-order valence-electron chi connectivity index (χ2n) is 17.1. The number of fused-ring (bicyclic) bond motifs is 2. The van der Waals surface area contributed by atoms with E-state index in [0.29, 0.717) is 76.2 Å². The number of imide groups is 1. The van der Waals surface area contributed by atoms with Crippen molar-refractivity contribution >= 4 is 40.1 Å². The Morgan fingerprint density at radius 1 is 0.841 bits per heavy atom. The van der Waals surface area contributed by atoms with Gasteiger partial charge in [0.15, 0.2) is 5.82 Å². The zero-order valence-electron chi connectivity index (χ0n) is 36.5. The topological polar surface area (TPSA) is 185 Å². The molecule has 4 aliphatic rings. The van der Waals surface area contributed by atoms with Crippen molar-refractivity contribution in [3.8, 4) is 0 Å². The number of amides is 3. The van der Waals surface area contributed by atoms with Crippen LogP contribution in [0.1, 0.15) is 80.9 Å². The fraction of sp³-hybridized carbons (Fsp3) is 0.644. The Hall–Kier alpha value is -4.72. The minimum absolute atomic E-state index is 0.0299. The lowest BCUT2D eigenvalue weighted by Crippen LogP contribution is -2.53. The van der Waals surface area contributed by atoms with E-state index < -0.39 is 11.9 Å². The van der Waals surface area contributed by atoms with Crippen LogP contribution in [0.25, 0.3) is 16.6 Å². The summed E-state index contributed by atoms with van der Waals surface area (Å²) in [4.78, 5) is 59.1. The second-order valence-corrected chi connectivity index (χ2v) is 17.1. The van der Waals surface area contributed by atoms with Crippen LogP contribution >= 0.6 is 0 Å². The number of nitrogens with one attached hydrogen (secondary N) is 2. The number of carbonyl (C=O) groups excluding carboxylic acids is 3. The van der Waals surface area contributed by atoms with Crippen LogP contribution in [0, 0.1) is 0 Å². The van der Waals surface area contributed by atoms with Crippen LogP contribution in [0.5, 0.6) is 0 Å². The number of aryl methyl sites for hydroxylation is 2. The summed E-state index contributed by atoms with van der Waals surface area (Å²) in [6, 6.07) is 8.24. The lowest BCUT2D eigenvalue weighted by molar-refractivity contribution is -0.139. The second kappa shape index (κ2) is 21.8. The largest absolute Gasteiger partial charge is 0.381 e. The van der Waals surface area contributed by atoms with Crippen molar-refractivity contribution in [2.24, 2.45) is 7.05 Å². The minimum Gasteiger partial charge on any atom is -0.381 e. The fourth-order valence-electron chi connectivity index (χ4n) is 9.62. The van der Waals surface area contributed by atoms with Gasteiger partial charge in [-0.25, -0.2) is 14.3 Å². The van der Waals surface area contributed by atoms with Crippen LogP contribution in [0.2, 0.25) is 0 Å². The molecule has 1 unspecified atom stereocenters. The van der Waals surface area contributed by atoms with Crippen LogP contribution in [-0.2, 0) is 51.5 Å². The average molecular weight is 874 g/mol. The minimum atomic E-state index is -0.695. The monoisotopic (exact) mass is 873 g/mol. The Morgan fingerprint density at radius 2 is 1.56 bits per heavy atom. The molecule has 0 bridgehead atoms. The molecule has 1 saturated carbocycles. The number of ether oxygens (including phenoxy) is 5. The highest BCUT2D eigenvalue weighted by Gasteiger charge is 2.32. The van der Waals surface area contributed by atoms with Crippen LogP contribution in [0.4, 0.5) is 5.82 Å². The lowest BCUT2D eigenvalue weighted by atomic mass is 9.89. The molecular weight excluding hydrogens is 811 g/mol. The number of hydrogen-bond acceptors (Lipinski definition) is 13. The SMILES string of the molecule is Cn1c(=O)n(C2CCC(=O)NC2=O)c2ccc(CCCOCCOCCOCCOCC(=O)N3CCN(C4CCC(Nc5ncnn6ccc(C7CCOCC7)c56)CC4)CC3)cc21. The standard InChI is InChI=1S/C45H63N9O9/c1-50-39-29-32(4-9-37(39)54(45(50)58)38-10-11-40(55)49-44(38)57)3-2-20-59-23-24-61-25-26-62-27-28-63-30-41(56)52-18-16-51(17-19-52)35-7-5-34(6-8-35)48-43-42-36(33-13-21-60-22-14-33)12-15-53(42)47-31-46-43/h4,9,12,15,29,31,33-35,38H,2-3,5-8,10-11,13-14,16-28,30H2,1H3,(H,46,47,48)(H,49,55,57). The maximum absolute atomic E-state index is 13.0. The molecule has 342 valence electrons. The van der Waals surface area contributed by atoms with Crippen LogP contribution in [0.15, 0.2) is 41.6 Å². The molecule has 1 aromatic carbocycles. The van der Waals surface area contributed by atoms with Gasteiger partial charge >= 0.3 is 5.69 Å². The molecule has 0 spiro atoms. The maximum Gasteiger partial charge on any atom is 0.329 e. The number of hydrogen-bond donors (Lipinski definition) is 2. The number of nitrogens with zero attached hydrogens (tertiary/aromatic N) is 7. The first-order chi connectivity index (χ1) is 30.8. The van der Waals surface area contributed by atoms with E-state index in [0.717, 1.165) is 113 Å². The first-order valence-corrected chi connectivity index (χ1v) is 22.9. The van der Waals surface area contributed by atoms with Crippen molar-refractivity contribution in [3.05, 3.63) is 58.4 Å². The van der Waals surface area contributed by atoms with E-state index >= 15 is 0 Å². The van der Waals surface area contributed by atoms with Gasteiger partial charge < -0.3 is 33.9 Å². The van der Waals surface area contributed by atoms with Crippen molar-refractivity contribution in [2.45, 2.75) is 88.3 Å². The normalized spacial score (nSPS) is 21.7. The van der Waals surface area contributed by atoms with Gasteiger partial charge in [0.05, 0.1) is 50.7 Å². The smallest absolute Gasteiger partial charge is 0.329 e. The Balaban J connectivity index is 0.626. The third-order valence-electron chi connectivity index (χ3n) is 13.1. The molecule has 0 radical (unpaired) electrons. The number of aromatic nitrogens is 5. The Kier molecular flexibility index (Phi) is 15.5. The molecule has 3 saturated heterocycles. The number of benzene rings is 1. The summed E-state index contributed by atoms with van der Waals surface area (Å²) >= 11 is 0. The van der Waals surface area contributed by atoms with Gasteiger partial charge in [-0.05, 0) is 93.0 Å². The van der Waals surface area contributed by atoms with Crippen molar-refractivity contribution < 1.29 is 38.1 Å². The molecule has 1 aliphatic carbocycles. The lowest BCUT2D eigenvalue weighted by Gasteiger charge is -2.42. The number of piperazine rings is 1. The van der Waals surface area contributed by atoms with E-state index in [-0.39, 0.29) is 30.5 Å². The van der Waals surface area contributed by atoms with E-state index in [4.69, 9.17) is 23.7 Å². The van der Waals surface area contributed by atoms with Gasteiger partial charge in [-0.2, -0.15) is 5.10 Å². The van der Waals surface area contributed by atoms with Crippen LogP contribution in [-0.4, -0.2) is 156 Å². The molecule has 1 atom stereocenters. The van der Waals surface area contributed by atoms with Crippen molar-refractivity contribution in [1.82, 2.24) is 38.8 Å². The molecule has 18 heteroatoms. The molecule has 4 fully saturated rings. The molecule has 4 aromatic rings. The summed E-state index contributed by atoms with van der Waals surface area (Å²) in [6.45, 7) is 8.03. The van der Waals surface area contributed by atoms with Gasteiger partial charge in [-0.1, -0.05) is 6.07 Å². The van der Waals surface area contributed by atoms with Crippen molar-refractivity contribution in [2.75, 3.05) is 97.6 Å². The Bertz CT molecular complexity index is 2220. The molecule has 3 aliphatic heterocycles. The molecule has 3 amide bonds. The summed E-state index contributed by atoms with van der Waals surface area (Å²) in [5.74, 6) is 0.698. The highest BCUT2D eigenvalue weighted by atomic mass is 16.6. The van der Waals surface area contributed by atoms with E-state index in [9.17, 15) is 19.2 Å². The Morgan fingerprint density at radius 3 is 2.29 bits per heavy atom. The van der Waals surface area contributed by atoms with Gasteiger partial charge in [0, 0.05) is 77.7 Å². The average Bonchev–Trinajstić information content (AvgIpc) is 3.85. The van der Waals surface area contributed by atoms with Gasteiger partial charge in [0.1, 0.15) is 24.5 Å². The zero-order valence-corrected chi connectivity index (χ0v) is 36.5. The third kappa shape index (κ3) is 11.2. The number of carbonyl (C=O) groups is 3. The van der Waals surface area contributed by atoms with E-state index in [1.807, 2.05) is 33.8 Å². The van der Waals surface area contributed by atoms with Crippen LogP contribution in [0.3, 0.4) is 0 Å². The quantitative estimate of drug-likeness (QED) is 0.0978. The number of rotatable bonds is 20. The molecular formula is C45H63N9O9. The third-order valence-corrected chi connectivity index (χ3v) is 13.1. The molecule has 8 rings (SSSR count). The molecule has 18 nitrogen and oxygen atoms in total. The molecule has 6 heterocycles. The predicted octanol–water partition coefficient (Wildman–Crippen LogP) is 2.82. The van der Waals surface area contributed by atoms with Gasteiger partial charge in [0.2, 0.25) is 17.7 Å². The first-order valence-electron chi connectivity index (χ1n) is 22.9. The summed E-state index contributed by atoms with van der Waals surface area (Å²) in [6.07, 6.45) is 12.3. The number of imidazole rings is 1. The highest BCUT2D eigenvalue weighted by molar-refractivity contribution is 6.00. The van der Waals surface area contributed by atoms with Gasteiger partial charge in [-0.15, -0.1) is 0 Å². The maximum atomic E-state index is 13.0. The van der Waals surface area contributed by atoms with Crippen LogP contribution < -0.4 is 16.3 Å². The fourth-order valence-corrected chi connectivity index (χ4v) is 9.62. The van der Waals surface area contributed by atoms with E-state index in [1.54, 1.807) is 17.9 Å². The van der Waals surface area contributed by atoms with E-state index in [2.05, 4.69) is 31.7 Å². The summed E-state index contributed by atoms with van der Waals surface area (Å²) in [5.41, 5.74) is 4.65.